The van der Waals surface area contributed by atoms with Crippen LogP contribution < -0.4 is 5.32 Å². The maximum atomic E-state index is 11.9. The monoisotopic (exact) mass is 512 g/mol. The third-order valence-electron chi connectivity index (χ3n) is 4.76. The van der Waals surface area contributed by atoms with E-state index in [-0.39, 0.29) is 35.9 Å². The summed E-state index contributed by atoms with van der Waals surface area (Å²) in [6, 6.07) is 11.8. The van der Waals surface area contributed by atoms with Crippen LogP contribution in [0.2, 0.25) is 0 Å². The highest BCUT2D eigenvalue weighted by Crippen LogP contribution is 2.21. The van der Waals surface area contributed by atoms with Crippen LogP contribution in [-0.4, -0.2) is 48.2 Å². The van der Waals surface area contributed by atoms with Gasteiger partial charge in [0.2, 0.25) is 0 Å². The largest absolute Gasteiger partial charge is 0.466 e. The minimum absolute atomic E-state index is 0. The fraction of sp³-hybridized carbons (Fsp3) is 0.476. The number of halogens is 1. The van der Waals surface area contributed by atoms with Gasteiger partial charge in [0, 0.05) is 31.3 Å². The molecule has 1 aliphatic rings. The Morgan fingerprint density at radius 3 is 2.66 bits per heavy atom. The average Bonchev–Trinajstić information content (AvgIpc) is 3.21. The second kappa shape index (κ2) is 11.8. The van der Waals surface area contributed by atoms with Gasteiger partial charge >= 0.3 is 5.97 Å². The van der Waals surface area contributed by atoms with Crippen molar-refractivity contribution in [3.8, 4) is 11.3 Å². The average molecular weight is 512 g/mol. The van der Waals surface area contributed by atoms with Gasteiger partial charge in [-0.3, -0.25) is 4.79 Å². The molecule has 0 saturated carbocycles. The highest BCUT2D eigenvalue weighted by molar-refractivity contribution is 14.0. The number of hydrogen-bond donors (Lipinski definition) is 1. The Morgan fingerprint density at radius 2 is 2.00 bits per heavy atom. The SMILES string of the molecule is CCNC(=NCc1cc(-c2ccccc2)on1)N1CCC(C(=O)OCC)CC1.I. The summed E-state index contributed by atoms with van der Waals surface area (Å²) in [5.41, 5.74) is 1.79. The summed E-state index contributed by atoms with van der Waals surface area (Å²) in [7, 11) is 0. The number of guanidine groups is 1. The summed E-state index contributed by atoms with van der Waals surface area (Å²) in [6.07, 6.45) is 1.57. The van der Waals surface area contributed by atoms with Crippen LogP contribution in [-0.2, 0) is 16.1 Å². The van der Waals surface area contributed by atoms with E-state index in [1.54, 1.807) is 0 Å². The van der Waals surface area contributed by atoms with E-state index >= 15 is 0 Å². The van der Waals surface area contributed by atoms with Crippen molar-refractivity contribution in [2.75, 3.05) is 26.2 Å². The van der Waals surface area contributed by atoms with Gasteiger partial charge in [-0.2, -0.15) is 0 Å². The lowest BCUT2D eigenvalue weighted by molar-refractivity contribution is -0.149. The van der Waals surface area contributed by atoms with Crippen molar-refractivity contribution in [2.24, 2.45) is 10.9 Å². The van der Waals surface area contributed by atoms with Gasteiger partial charge in [0.1, 0.15) is 5.69 Å². The molecule has 1 aromatic carbocycles. The maximum Gasteiger partial charge on any atom is 0.309 e. The molecule has 7 nitrogen and oxygen atoms in total. The van der Waals surface area contributed by atoms with Crippen LogP contribution in [0.3, 0.4) is 0 Å². The zero-order valence-corrected chi connectivity index (χ0v) is 19.3. The third-order valence-corrected chi connectivity index (χ3v) is 4.76. The molecule has 0 spiro atoms. The van der Waals surface area contributed by atoms with E-state index in [0.717, 1.165) is 55.5 Å². The number of aliphatic imine (C=N–C) groups is 1. The summed E-state index contributed by atoms with van der Waals surface area (Å²) < 4.78 is 10.6. The molecule has 3 rings (SSSR count). The molecule has 0 aliphatic carbocycles. The van der Waals surface area contributed by atoms with Gasteiger partial charge in [0.15, 0.2) is 11.7 Å². The predicted molar refractivity (Wildman–Crippen MR) is 123 cm³/mol. The van der Waals surface area contributed by atoms with Crippen molar-refractivity contribution < 1.29 is 14.1 Å². The standard InChI is InChI=1S/C21H28N4O3.HI/c1-3-22-21(25-12-10-17(11-13-25)20(26)27-4-2)23-15-18-14-19(28-24-18)16-8-6-5-7-9-16;/h5-9,14,17H,3-4,10-13,15H2,1-2H3,(H,22,23);1H. The normalized spacial score (nSPS) is 15.0. The van der Waals surface area contributed by atoms with Gasteiger partial charge < -0.3 is 19.5 Å². The van der Waals surface area contributed by atoms with Crippen LogP contribution in [0.15, 0.2) is 45.9 Å². The number of benzene rings is 1. The van der Waals surface area contributed by atoms with E-state index in [2.05, 4.69) is 15.4 Å². The van der Waals surface area contributed by atoms with Gasteiger partial charge in [-0.25, -0.2) is 4.99 Å². The Kier molecular flexibility index (Phi) is 9.43. The molecule has 29 heavy (non-hydrogen) atoms. The second-order valence-corrected chi connectivity index (χ2v) is 6.73. The van der Waals surface area contributed by atoms with Gasteiger partial charge in [0.25, 0.3) is 0 Å². The molecule has 2 heterocycles. The fourth-order valence-electron chi connectivity index (χ4n) is 3.29. The minimum Gasteiger partial charge on any atom is -0.466 e. The zero-order chi connectivity index (χ0) is 19.8. The molecule has 0 bridgehead atoms. The van der Waals surface area contributed by atoms with Crippen molar-refractivity contribution in [1.82, 2.24) is 15.4 Å². The number of aromatic nitrogens is 1. The molecular formula is C21H29IN4O3. The number of ether oxygens (including phenoxy) is 1. The number of likely N-dealkylation sites (tertiary alicyclic amines) is 1. The number of esters is 1. The number of carbonyl (C=O) groups excluding carboxylic acids is 1. The Balaban J connectivity index is 0.00000300. The highest BCUT2D eigenvalue weighted by atomic mass is 127. The van der Waals surface area contributed by atoms with E-state index < -0.39 is 0 Å². The molecule has 0 radical (unpaired) electrons. The third kappa shape index (κ3) is 6.45. The number of hydrogen-bond acceptors (Lipinski definition) is 5. The lowest BCUT2D eigenvalue weighted by Gasteiger charge is -2.33. The Morgan fingerprint density at radius 1 is 1.28 bits per heavy atom. The zero-order valence-electron chi connectivity index (χ0n) is 17.0. The summed E-state index contributed by atoms with van der Waals surface area (Å²) in [6.45, 7) is 7.11. The molecule has 1 saturated heterocycles. The number of piperidine rings is 1. The first-order valence-electron chi connectivity index (χ1n) is 9.92. The highest BCUT2D eigenvalue weighted by Gasteiger charge is 2.27. The van der Waals surface area contributed by atoms with E-state index in [4.69, 9.17) is 14.3 Å². The molecule has 2 aromatic rings. The van der Waals surface area contributed by atoms with Crippen LogP contribution >= 0.6 is 24.0 Å². The molecule has 0 unspecified atom stereocenters. The number of carbonyl (C=O) groups is 1. The second-order valence-electron chi connectivity index (χ2n) is 6.73. The maximum absolute atomic E-state index is 11.9. The molecule has 1 aliphatic heterocycles. The Labute approximate surface area is 188 Å². The fourth-order valence-corrected chi connectivity index (χ4v) is 3.29. The molecule has 1 N–H and O–H groups in total. The van der Waals surface area contributed by atoms with Crippen LogP contribution in [0, 0.1) is 5.92 Å². The molecule has 1 aromatic heterocycles. The molecular weight excluding hydrogens is 483 g/mol. The van der Waals surface area contributed by atoms with Crippen LogP contribution in [0.1, 0.15) is 32.4 Å². The van der Waals surface area contributed by atoms with Crippen molar-refractivity contribution in [1.29, 1.82) is 0 Å². The van der Waals surface area contributed by atoms with Crippen molar-refractivity contribution in [3.05, 3.63) is 42.1 Å². The van der Waals surface area contributed by atoms with Gasteiger partial charge in [-0.1, -0.05) is 35.5 Å². The van der Waals surface area contributed by atoms with E-state index in [1.165, 1.54) is 0 Å². The van der Waals surface area contributed by atoms with Crippen LogP contribution in [0.4, 0.5) is 0 Å². The van der Waals surface area contributed by atoms with Gasteiger partial charge in [-0.15, -0.1) is 24.0 Å². The van der Waals surface area contributed by atoms with Crippen LogP contribution in [0.25, 0.3) is 11.3 Å². The molecule has 1 fully saturated rings. The topological polar surface area (TPSA) is 80.0 Å². The van der Waals surface area contributed by atoms with Crippen LogP contribution in [0.5, 0.6) is 0 Å². The minimum atomic E-state index is -0.0832. The van der Waals surface area contributed by atoms with E-state index in [9.17, 15) is 4.79 Å². The van der Waals surface area contributed by atoms with E-state index in [0.29, 0.717) is 13.2 Å². The number of nitrogens with zero attached hydrogens (tertiary/aromatic N) is 3. The van der Waals surface area contributed by atoms with Crippen molar-refractivity contribution in [2.45, 2.75) is 33.2 Å². The lowest BCUT2D eigenvalue weighted by Crippen LogP contribution is -2.46. The van der Waals surface area contributed by atoms with Crippen molar-refractivity contribution in [3.63, 3.8) is 0 Å². The first-order valence-corrected chi connectivity index (χ1v) is 9.92. The van der Waals surface area contributed by atoms with Crippen molar-refractivity contribution >= 4 is 35.9 Å². The number of nitrogens with one attached hydrogen (secondary N) is 1. The summed E-state index contributed by atoms with van der Waals surface area (Å²) in [4.78, 5) is 18.8. The molecule has 8 heteroatoms. The molecule has 0 amide bonds. The van der Waals surface area contributed by atoms with E-state index in [1.807, 2.05) is 50.2 Å². The molecule has 158 valence electrons. The summed E-state index contributed by atoms with van der Waals surface area (Å²) in [5, 5.41) is 7.47. The first kappa shape index (κ1) is 23.2. The first-order chi connectivity index (χ1) is 13.7. The Bertz CT molecular complexity index is 786. The lowest BCUT2D eigenvalue weighted by atomic mass is 9.97. The Hall–Kier alpha value is -2.10. The summed E-state index contributed by atoms with van der Waals surface area (Å²) in [5.74, 6) is 1.49. The number of rotatable bonds is 6. The summed E-state index contributed by atoms with van der Waals surface area (Å²) >= 11 is 0. The quantitative estimate of drug-likeness (QED) is 0.275. The van der Waals surface area contributed by atoms with Gasteiger partial charge in [-0.05, 0) is 26.7 Å². The molecule has 0 atom stereocenters. The smallest absolute Gasteiger partial charge is 0.309 e. The van der Waals surface area contributed by atoms with Gasteiger partial charge in [0.05, 0.1) is 19.1 Å². The predicted octanol–water partition coefficient (Wildman–Crippen LogP) is 3.70.